The van der Waals surface area contributed by atoms with Gasteiger partial charge in [0.1, 0.15) is 6.54 Å². The second-order valence-corrected chi connectivity index (χ2v) is 1.87. The van der Waals surface area contributed by atoms with Gasteiger partial charge in [-0.25, -0.2) is 4.99 Å². The molecule has 0 atom stereocenters. The number of aliphatic imine (C=N–C) groups is 1. The maximum atomic E-state index is 11.5. The maximum Gasteiger partial charge on any atom is 0.408 e. The summed E-state index contributed by atoms with van der Waals surface area (Å²) in [6.07, 6.45) is 0.483. The first-order chi connectivity index (χ1) is 5.45. The third-order valence-electron chi connectivity index (χ3n) is 0.800. The van der Waals surface area contributed by atoms with Crippen molar-refractivity contribution < 1.29 is 13.2 Å². The van der Waals surface area contributed by atoms with E-state index >= 15 is 0 Å². The number of rotatable bonds is 2. The highest BCUT2D eigenvalue weighted by atomic mass is 19.4. The summed E-state index contributed by atoms with van der Waals surface area (Å²) in [5.74, 6) is 1.84. The molecule has 0 aromatic carbocycles. The second kappa shape index (κ2) is 4.49. The molecule has 0 fully saturated rings. The minimum atomic E-state index is -4.33. The molecule has 0 amide bonds. The van der Waals surface area contributed by atoms with Crippen molar-refractivity contribution in [2.45, 2.75) is 6.18 Å². The number of alkyl halides is 3. The summed E-state index contributed by atoms with van der Waals surface area (Å²) >= 11 is 0. The lowest BCUT2D eigenvalue weighted by atomic mass is 10.6. The topological polar surface area (TPSA) is 50.4 Å². The van der Waals surface area contributed by atoms with Gasteiger partial charge in [0, 0.05) is 0 Å². The van der Waals surface area contributed by atoms with Crippen molar-refractivity contribution in [1.29, 1.82) is 0 Å². The Bertz CT molecular complexity index is 201. The fourth-order valence-electron chi connectivity index (χ4n) is 0.372. The molecule has 0 saturated heterocycles. The third-order valence-corrected chi connectivity index (χ3v) is 0.800. The van der Waals surface area contributed by atoms with Crippen LogP contribution in [0.15, 0.2) is 4.99 Å². The zero-order valence-corrected chi connectivity index (χ0v) is 6.15. The average Bonchev–Trinajstić information content (AvgIpc) is 1.95. The number of nitrogens with zero attached hydrogens (tertiary/aromatic N) is 1. The average molecular weight is 179 g/mol. The first kappa shape index (κ1) is 10.6. The van der Waals surface area contributed by atoms with Gasteiger partial charge < -0.3 is 11.1 Å². The molecular formula is C6H8F3N3. The first-order valence-electron chi connectivity index (χ1n) is 2.99. The largest absolute Gasteiger partial charge is 0.408 e. The van der Waals surface area contributed by atoms with E-state index in [-0.39, 0.29) is 12.5 Å². The SMILES string of the molecule is C#CCNC(N)=NCC(F)(F)F. The van der Waals surface area contributed by atoms with Crippen LogP contribution in [0.1, 0.15) is 0 Å². The first-order valence-corrected chi connectivity index (χ1v) is 2.99. The molecule has 0 radical (unpaired) electrons. The van der Waals surface area contributed by atoms with Crippen molar-refractivity contribution in [1.82, 2.24) is 5.32 Å². The Labute approximate surface area is 67.8 Å². The molecule has 0 aliphatic rings. The molecule has 0 unspecified atom stereocenters. The van der Waals surface area contributed by atoms with Gasteiger partial charge in [-0.05, 0) is 0 Å². The van der Waals surface area contributed by atoms with Gasteiger partial charge in [0.05, 0.1) is 6.54 Å². The normalized spacial score (nSPS) is 12.3. The fourth-order valence-corrected chi connectivity index (χ4v) is 0.372. The number of terminal acetylenes is 1. The number of nitrogens with two attached hydrogens (primary N) is 1. The van der Waals surface area contributed by atoms with E-state index in [1.54, 1.807) is 0 Å². The molecule has 0 aromatic heterocycles. The Morgan fingerprint density at radius 1 is 1.58 bits per heavy atom. The van der Waals surface area contributed by atoms with E-state index in [4.69, 9.17) is 12.2 Å². The van der Waals surface area contributed by atoms with E-state index in [2.05, 4.69) is 16.2 Å². The molecule has 12 heavy (non-hydrogen) atoms. The fraction of sp³-hybridized carbons (Fsp3) is 0.500. The van der Waals surface area contributed by atoms with Crippen molar-refractivity contribution >= 4 is 5.96 Å². The van der Waals surface area contributed by atoms with Crippen molar-refractivity contribution in [2.75, 3.05) is 13.1 Å². The van der Waals surface area contributed by atoms with Crippen molar-refractivity contribution in [3.8, 4) is 12.3 Å². The number of hydrogen-bond acceptors (Lipinski definition) is 1. The summed E-state index contributed by atoms with van der Waals surface area (Å²) in [6.45, 7) is -1.23. The molecule has 0 rings (SSSR count). The predicted molar refractivity (Wildman–Crippen MR) is 39.4 cm³/mol. The van der Waals surface area contributed by atoms with Gasteiger partial charge >= 0.3 is 6.18 Å². The van der Waals surface area contributed by atoms with E-state index < -0.39 is 12.7 Å². The van der Waals surface area contributed by atoms with Crippen LogP contribution in [0, 0.1) is 12.3 Å². The Balaban J connectivity index is 3.78. The van der Waals surface area contributed by atoms with E-state index in [0.717, 1.165) is 0 Å². The van der Waals surface area contributed by atoms with E-state index in [1.807, 2.05) is 0 Å². The predicted octanol–water partition coefficient (Wildman–Crippen LogP) is 0.0862. The molecule has 3 nitrogen and oxygen atoms in total. The maximum absolute atomic E-state index is 11.5. The molecular weight excluding hydrogens is 171 g/mol. The van der Waals surface area contributed by atoms with Crippen LogP contribution in [0.3, 0.4) is 0 Å². The van der Waals surface area contributed by atoms with Gasteiger partial charge in [-0.1, -0.05) is 5.92 Å². The molecule has 0 heterocycles. The van der Waals surface area contributed by atoms with Crippen molar-refractivity contribution in [3.63, 3.8) is 0 Å². The van der Waals surface area contributed by atoms with Crippen LogP contribution in [0.5, 0.6) is 0 Å². The van der Waals surface area contributed by atoms with Crippen LogP contribution in [-0.2, 0) is 0 Å². The van der Waals surface area contributed by atoms with Gasteiger partial charge in [0.2, 0.25) is 0 Å². The van der Waals surface area contributed by atoms with Crippen LogP contribution in [0.2, 0.25) is 0 Å². The van der Waals surface area contributed by atoms with Crippen LogP contribution < -0.4 is 11.1 Å². The van der Waals surface area contributed by atoms with Gasteiger partial charge in [-0.15, -0.1) is 6.42 Å². The number of guanidine groups is 1. The summed E-state index contributed by atoms with van der Waals surface area (Å²) < 4.78 is 34.5. The molecule has 0 aliphatic heterocycles. The summed E-state index contributed by atoms with van der Waals surface area (Å²) in [6, 6.07) is 0. The smallest absolute Gasteiger partial charge is 0.370 e. The summed E-state index contributed by atoms with van der Waals surface area (Å²) in [4.78, 5) is 3.00. The second-order valence-electron chi connectivity index (χ2n) is 1.87. The van der Waals surface area contributed by atoms with E-state index in [9.17, 15) is 13.2 Å². The van der Waals surface area contributed by atoms with Crippen molar-refractivity contribution in [2.24, 2.45) is 10.7 Å². The highest BCUT2D eigenvalue weighted by molar-refractivity contribution is 5.78. The van der Waals surface area contributed by atoms with E-state index in [1.165, 1.54) is 0 Å². The minimum Gasteiger partial charge on any atom is -0.370 e. The molecule has 3 N–H and O–H groups in total. The lowest BCUT2D eigenvalue weighted by molar-refractivity contribution is -0.118. The monoisotopic (exact) mass is 179 g/mol. The molecule has 0 spiro atoms. The van der Waals surface area contributed by atoms with Crippen LogP contribution >= 0.6 is 0 Å². The lowest BCUT2D eigenvalue weighted by Gasteiger charge is -2.03. The van der Waals surface area contributed by atoms with E-state index in [0.29, 0.717) is 0 Å². The van der Waals surface area contributed by atoms with Gasteiger partial charge in [0.25, 0.3) is 0 Å². The highest BCUT2D eigenvalue weighted by Crippen LogP contribution is 2.13. The molecule has 0 saturated carbocycles. The number of nitrogens with one attached hydrogen (secondary N) is 1. The Morgan fingerprint density at radius 3 is 2.58 bits per heavy atom. The third kappa shape index (κ3) is 6.74. The molecule has 0 aliphatic carbocycles. The summed E-state index contributed by atoms with van der Waals surface area (Å²) in [7, 11) is 0. The molecule has 68 valence electrons. The van der Waals surface area contributed by atoms with Crippen LogP contribution in [0.4, 0.5) is 13.2 Å². The quantitative estimate of drug-likeness (QED) is 0.358. The van der Waals surface area contributed by atoms with Crippen LogP contribution in [-0.4, -0.2) is 25.2 Å². The molecule has 0 aromatic rings. The van der Waals surface area contributed by atoms with Crippen LogP contribution in [0.25, 0.3) is 0 Å². The standard InChI is InChI=1S/C6H8F3N3/c1-2-3-11-5(10)12-4-6(7,8)9/h1H,3-4H2,(H3,10,11,12). The Morgan fingerprint density at radius 2 is 2.17 bits per heavy atom. The molecule has 6 heteroatoms. The zero-order valence-electron chi connectivity index (χ0n) is 6.15. The van der Waals surface area contributed by atoms with Gasteiger partial charge in [-0.2, -0.15) is 13.2 Å². The number of hydrogen-bond donors (Lipinski definition) is 2. The highest BCUT2D eigenvalue weighted by Gasteiger charge is 2.26. The Kier molecular flexibility index (Phi) is 3.97. The zero-order chi connectivity index (χ0) is 9.61. The van der Waals surface area contributed by atoms with Gasteiger partial charge in [0.15, 0.2) is 5.96 Å². The Hall–Kier alpha value is -1.38. The van der Waals surface area contributed by atoms with Crippen molar-refractivity contribution in [3.05, 3.63) is 0 Å². The number of halogens is 3. The summed E-state index contributed by atoms with van der Waals surface area (Å²) in [5.41, 5.74) is 5.01. The lowest BCUT2D eigenvalue weighted by Crippen LogP contribution is -2.33. The van der Waals surface area contributed by atoms with Gasteiger partial charge in [-0.3, -0.25) is 0 Å². The minimum absolute atomic E-state index is 0.0627. The summed E-state index contributed by atoms with van der Waals surface area (Å²) in [5, 5.41) is 2.30. The molecule has 0 bridgehead atoms.